The molecule has 0 saturated carbocycles. The van der Waals surface area contributed by atoms with Crippen LogP contribution >= 0.6 is 11.8 Å². The number of hydrogen-bond donors (Lipinski definition) is 0. The minimum Gasteiger partial charge on any atom is -0.299 e. The molecule has 0 atom stereocenters. The molecule has 0 unspecified atom stereocenters. The van der Waals surface area contributed by atoms with Crippen LogP contribution in [0.2, 0.25) is 0 Å². The second kappa shape index (κ2) is 15.8. The van der Waals surface area contributed by atoms with E-state index in [1.54, 1.807) is 0 Å². The largest absolute Gasteiger partial charge is 0.299 e. The van der Waals surface area contributed by atoms with Gasteiger partial charge < -0.3 is 0 Å². The summed E-state index contributed by atoms with van der Waals surface area (Å²) in [4.78, 5) is 12.9. The molecule has 0 bridgehead atoms. The predicted octanol–water partition coefficient (Wildman–Crippen LogP) is 9.35. The highest BCUT2D eigenvalue weighted by Gasteiger charge is 2.49. The zero-order valence-corrected chi connectivity index (χ0v) is 40.3. The summed E-state index contributed by atoms with van der Waals surface area (Å²) >= 11 is 1.91. The van der Waals surface area contributed by atoms with Gasteiger partial charge in [-0.2, -0.15) is 0 Å². The van der Waals surface area contributed by atoms with Crippen molar-refractivity contribution >= 4 is 119 Å². The number of pyridine rings is 2. The van der Waals surface area contributed by atoms with Gasteiger partial charge in [-0.05, 0) is 83.3 Å². The van der Waals surface area contributed by atoms with E-state index in [9.17, 15) is 0 Å². The molecule has 0 saturated heterocycles. The first-order chi connectivity index (χ1) is 34.2. The first-order valence-electron chi connectivity index (χ1n) is 23.6. The third-order valence-corrected chi connectivity index (χ3v) is 25.9. The Morgan fingerprint density at radius 1 is 0.406 bits per heavy atom. The molecule has 1 aliphatic rings. The molecule has 324 valence electrons. The van der Waals surface area contributed by atoms with Crippen LogP contribution in [0.5, 0.6) is 0 Å². The third kappa shape index (κ3) is 5.75. The van der Waals surface area contributed by atoms with Crippen LogP contribution < -0.4 is 41.5 Å². The van der Waals surface area contributed by atoms with Gasteiger partial charge >= 0.3 is 0 Å². The van der Waals surface area contributed by atoms with Gasteiger partial charge in [0, 0.05) is 49.9 Å². The fraction of sp³-hybridized carbons (Fsp3) is 0. The second-order valence-electron chi connectivity index (χ2n) is 18.1. The van der Waals surface area contributed by atoms with Gasteiger partial charge in [0.25, 0.3) is 0 Å². The number of hydrogen-bond acceptors (Lipinski definition) is 3. The SMILES string of the molecule is c1ccc([Si](c2ccccc2)(c2ccc3c4ccccc4n4ccnc4c3c2)c2ccc3c4ccc5c(c4n(-c4ccccn4)c3c2)[Si](c2ccccc2)(c2ccccc2)c2ccccc2S5)cc1. The fourth-order valence-corrected chi connectivity index (χ4v) is 23.9. The smallest absolute Gasteiger partial charge is 0.184 e. The highest BCUT2D eigenvalue weighted by molar-refractivity contribution is 8.00. The molecule has 14 rings (SSSR count). The molecular weight excluding hydrogens is 889 g/mol. The van der Waals surface area contributed by atoms with Crippen molar-refractivity contribution in [1.29, 1.82) is 0 Å². The Morgan fingerprint density at radius 3 is 1.71 bits per heavy atom. The van der Waals surface area contributed by atoms with Crippen LogP contribution in [0.15, 0.2) is 265 Å². The van der Waals surface area contributed by atoms with Crippen LogP contribution in [0.1, 0.15) is 0 Å². The molecule has 4 nitrogen and oxygen atoms in total. The topological polar surface area (TPSA) is 35.1 Å². The molecule has 13 aromatic rings. The summed E-state index contributed by atoms with van der Waals surface area (Å²) in [5.74, 6) is 0.905. The average Bonchev–Trinajstić information content (AvgIpc) is 4.06. The Bertz CT molecular complexity index is 4020. The number of imidazole rings is 1. The maximum Gasteiger partial charge on any atom is 0.184 e. The summed E-state index contributed by atoms with van der Waals surface area (Å²) < 4.78 is 4.77. The minimum atomic E-state index is -3.12. The van der Waals surface area contributed by atoms with Crippen LogP contribution in [-0.4, -0.2) is 35.1 Å². The van der Waals surface area contributed by atoms with Crippen LogP contribution in [0, 0.1) is 0 Å². The molecule has 7 heteroatoms. The molecule has 0 N–H and O–H groups in total. The van der Waals surface area contributed by atoms with E-state index in [-0.39, 0.29) is 0 Å². The van der Waals surface area contributed by atoms with E-state index in [2.05, 4.69) is 246 Å². The van der Waals surface area contributed by atoms with Crippen molar-refractivity contribution in [2.45, 2.75) is 9.79 Å². The van der Waals surface area contributed by atoms with Crippen LogP contribution in [0.25, 0.3) is 54.9 Å². The Kier molecular flexibility index (Phi) is 9.14. The Balaban J connectivity index is 1.14. The summed E-state index contributed by atoms with van der Waals surface area (Å²) in [5.41, 5.74) is 4.50. The van der Waals surface area contributed by atoms with Crippen molar-refractivity contribution in [1.82, 2.24) is 18.9 Å². The summed E-state index contributed by atoms with van der Waals surface area (Å²) in [7, 11) is -6.12. The van der Waals surface area contributed by atoms with Crippen LogP contribution in [0.4, 0.5) is 0 Å². The van der Waals surface area contributed by atoms with Gasteiger partial charge in [0.05, 0.1) is 16.6 Å². The lowest BCUT2D eigenvalue weighted by atomic mass is 10.1. The van der Waals surface area contributed by atoms with Gasteiger partial charge in [0.15, 0.2) is 16.1 Å². The van der Waals surface area contributed by atoms with E-state index in [4.69, 9.17) is 9.97 Å². The quantitative estimate of drug-likeness (QED) is 0.0909. The summed E-state index contributed by atoms with van der Waals surface area (Å²) in [6.45, 7) is 0. The zero-order valence-electron chi connectivity index (χ0n) is 37.4. The van der Waals surface area contributed by atoms with Crippen LogP contribution in [-0.2, 0) is 0 Å². The maximum absolute atomic E-state index is 5.23. The van der Waals surface area contributed by atoms with E-state index >= 15 is 0 Å². The summed E-state index contributed by atoms with van der Waals surface area (Å²) in [5, 5.41) is 16.8. The molecule has 5 heterocycles. The number of aromatic nitrogens is 4. The van der Waals surface area contributed by atoms with E-state index in [0.717, 1.165) is 27.9 Å². The highest BCUT2D eigenvalue weighted by Crippen LogP contribution is 2.40. The molecular formula is C62H42N4SSi2. The highest BCUT2D eigenvalue weighted by atomic mass is 32.2. The van der Waals surface area contributed by atoms with E-state index in [1.807, 2.05) is 30.2 Å². The number of benzene rings is 9. The van der Waals surface area contributed by atoms with E-state index < -0.39 is 16.1 Å². The van der Waals surface area contributed by atoms with Gasteiger partial charge in [-0.3, -0.25) is 8.97 Å². The minimum absolute atomic E-state index is 0.905. The normalized spacial score (nSPS) is 13.3. The number of rotatable bonds is 7. The molecule has 0 spiro atoms. The zero-order chi connectivity index (χ0) is 45.5. The summed E-state index contributed by atoms with van der Waals surface area (Å²) in [6, 6.07) is 88.9. The van der Waals surface area contributed by atoms with Crippen molar-refractivity contribution in [3.63, 3.8) is 0 Å². The standard InChI is InChI=1S/C62H42N4SSi2/c1-5-19-43(20-6-1)68(44-21-7-2-8-22-44,47-32-34-49-50-27-13-14-28-54(50)65-40-39-64-62(65)53(49)41-47)48-33-35-51-52-36-37-57-61(60(52)66(55(51)42-48)59-31-17-18-38-63-59)69(45-23-9-3-10-24-45,46-25-11-4-12-26-46)58-30-16-15-29-56(58)67-57/h1-42H. The first kappa shape index (κ1) is 40.0. The lowest BCUT2D eigenvalue weighted by Crippen LogP contribution is -2.76. The van der Waals surface area contributed by atoms with Crippen molar-refractivity contribution in [3.05, 3.63) is 255 Å². The molecule has 0 fully saturated rings. The number of nitrogens with zero attached hydrogens (tertiary/aromatic N) is 4. The monoisotopic (exact) mass is 930 g/mol. The fourth-order valence-electron chi connectivity index (χ4n) is 11.9. The van der Waals surface area contributed by atoms with E-state index in [0.29, 0.717) is 0 Å². The van der Waals surface area contributed by atoms with Gasteiger partial charge in [0.2, 0.25) is 0 Å². The van der Waals surface area contributed by atoms with Gasteiger partial charge in [0.1, 0.15) is 11.5 Å². The predicted molar refractivity (Wildman–Crippen MR) is 294 cm³/mol. The molecule has 69 heavy (non-hydrogen) atoms. The van der Waals surface area contributed by atoms with Crippen LogP contribution in [0.3, 0.4) is 0 Å². The Morgan fingerprint density at radius 2 is 1.00 bits per heavy atom. The summed E-state index contributed by atoms with van der Waals surface area (Å²) in [6.07, 6.45) is 5.97. The first-order valence-corrected chi connectivity index (χ1v) is 28.4. The van der Waals surface area contributed by atoms with E-state index in [1.165, 1.54) is 78.3 Å². The third-order valence-electron chi connectivity index (χ3n) is 14.7. The molecule has 0 radical (unpaired) electrons. The lowest BCUT2D eigenvalue weighted by Gasteiger charge is -2.40. The van der Waals surface area contributed by atoms with Gasteiger partial charge in [-0.1, -0.05) is 212 Å². The number of para-hydroxylation sites is 1. The average molecular weight is 931 g/mol. The van der Waals surface area contributed by atoms with Crippen molar-refractivity contribution in [3.8, 4) is 5.82 Å². The molecule has 9 aromatic carbocycles. The van der Waals surface area contributed by atoms with Crippen molar-refractivity contribution in [2.75, 3.05) is 0 Å². The van der Waals surface area contributed by atoms with Gasteiger partial charge in [-0.15, -0.1) is 0 Å². The molecule has 4 aromatic heterocycles. The number of fused-ring (bicyclic) bond motifs is 12. The molecule has 0 aliphatic carbocycles. The lowest BCUT2D eigenvalue weighted by molar-refractivity contribution is 1.08. The molecule has 1 aliphatic heterocycles. The Hall–Kier alpha value is -8.08. The van der Waals surface area contributed by atoms with Crippen molar-refractivity contribution < 1.29 is 0 Å². The second-order valence-corrected chi connectivity index (χ2v) is 26.6. The Labute approximate surface area is 405 Å². The maximum atomic E-state index is 5.23. The van der Waals surface area contributed by atoms with Crippen molar-refractivity contribution in [2.24, 2.45) is 0 Å². The molecule has 0 amide bonds. The van der Waals surface area contributed by atoms with Gasteiger partial charge in [-0.25, -0.2) is 9.97 Å².